The van der Waals surface area contributed by atoms with Crippen LogP contribution in [-0.2, 0) is 19.1 Å². The Hall–Kier alpha value is -6.48. The Balaban J connectivity index is 0.863. The molecular weight excluding hydrogens is 883 g/mol. The summed E-state index contributed by atoms with van der Waals surface area (Å²) in [6, 6.07) is 21.0. The molecule has 2 aliphatic carbocycles. The average molecular weight is 950 g/mol. The third-order valence-corrected chi connectivity index (χ3v) is 16.3. The summed E-state index contributed by atoms with van der Waals surface area (Å²) in [6.07, 6.45) is 11.1. The van der Waals surface area contributed by atoms with Crippen LogP contribution in [0.3, 0.4) is 0 Å². The van der Waals surface area contributed by atoms with Gasteiger partial charge in [-0.3, -0.25) is 14.5 Å². The molecule has 5 heterocycles. The zero-order chi connectivity index (χ0) is 49.0. The standard InChI is InChI=1S/C55H67N9O6/c1-8-29(3)48(61-54(67)69-6)52(65)60-39(24-31-10-11-31)50-56-27-40(58-50)34-16-12-32(13-17-34)37-20-21-38(47-43-23-22-42(46(37)47)63(43)5)33-14-18-35(19-15-33)41-28-57-51(59-41)45-26-36-25-44(36)64(45)53(66)49(30(4)9-2)62-55(68)70-7/h12-21,27-31,36,39,42-45,48-49H,8-11,22-26H2,1-7H3,(H,56,58)(H,57,59)(H,60,65)(H,61,67)(H,62,68)/t29?,30?,36?,39-,42?,43?,44?,45-,48-,49-/m0/s1. The maximum absolute atomic E-state index is 14.1. The molecule has 2 saturated carbocycles. The van der Waals surface area contributed by atoms with Gasteiger partial charge in [0, 0.05) is 18.1 Å². The fourth-order valence-electron chi connectivity index (χ4n) is 11.6. The number of benzene rings is 3. The number of likely N-dealkylation sites (tertiary alicyclic amines) is 1. The number of H-pyrrole nitrogens is 2. The Bertz CT molecular complexity index is 2750. The molecule has 4 fully saturated rings. The van der Waals surface area contributed by atoms with Crippen molar-refractivity contribution in [3.63, 3.8) is 0 Å². The molecule has 5 aromatic rings. The molecule has 2 bridgehead atoms. The van der Waals surface area contributed by atoms with Gasteiger partial charge in [0.1, 0.15) is 23.7 Å². The molecule has 2 aromatic heterocycles. The van der Waals surface area contributed by atoms with E-state index in [9.17, 15) is 19.2 Å². The van der Waals surface area contributed by atoms with Gasteiger partial charge in [-0.2, -0.15) is 0 Å². The number of methoxy groups -OCH3 is 2. The zero-order valence-corrected chi connectivity index (χ0v) is 41.4. The number of alkyl carbamates (subject to hydrolysis) is 2. The van der Waals surface area contributed by atoms with Crippen LogP contribution in [0.1, 0.15) is 132 Å². The molecule has 2 saturated heterocycles. The molecule has 0 radical (unpaired) electrons. The van der Waals surface area contributed by atoms with Crippen LogP contribution in [0.25, 0.3) is 44.8 Å². The van der Waals surface area contributed by atoms with Gasteiger partial charge in [-0.15, -0.1) is 0 Å². The molecule has 5 aliphatic rings. The molecule has 3 aromatic carbocycles. The van der Waals surface area contributed by atoms with E-state index >= 15 is 0 Å². The summed E-state index contributed by atoms with van der Waals surface area (Å²) in [5.41, 5.74) is 11.5. The van der Waals surface area contributed by atoms with E-state index in [1.807, 2.05) is 45.0 Å². The van der Waals surface area contributed by atoms with E-state index in [1.54, 1.807) is 0 Å². The maximum Gasteiger partial charge on any atom is 0.407 e. The van der Waals surface area contributed by atoms with Crippen LogP contribution in [0.2, 0.25) is 0 Å². The third-order valence-electron chi connectivity index (χ3n) is 16.3. The monoisotopic (exact) mass is 950 g/mol. The minimum Gasteiger partial charge on any atom is -0.453 e. The van der Waals surface area contributed by atoms with E-state index in [1.165, 1.54) is 47.6 Å². The summed E-state index contributed by atoms with van der Waals surface area (Å²) in [4.78, 5) is 73.4. The van der Waals surface area contributed by atoms with Gasteiger partial charge in [-0.25, -0.2) is 19.6 Å². The number of nitrogens with zero attached hydrogens (tertiary/aromatic N) is 4. The number of hydrogen-bond acceptors (Lipinski definition) is 9. The first-order valence-electron chi connectivity index (χ1n) is 25.4. The van der Waals surface area contributed by atoms with E-state index in [-0.39, 0.29) is 41.8 Å². The highest BCUT2D eigenvalue weighted by Crippen LogP contribution is 2.58. The van der Waals surface area contributed by atoms with E-state index in [0.717, 1.165) is 86.1 Å². The summed E-state index contributed by atoms with van der Waals surface area (Å²) in [5.74, 6) is 2.01. The highest BCUT2D eigenvalue weighted by molar-refractivity contribution is 5.88. The maximum atomic E-state index is 14.1. The largest absolute Gasteiger partial charge is 0.453 e. The fraction of sp³-hybridized carbons (Fsp3) is 0.491. The first kappa shape index (κ1) is 47.2. The van der Waals surface area contributed by atoms with Crippen LogP contribution < -0.4 is 16.0 Å². The van der Waals surface area contributed by atoms with Gasteiger partial charge in [-0.1, -0.05) is 114 Å². The van der Waals surface area contributed by atoms with Crippen molar-refractivity contribution in [3.05, 3.63) is 95.8 Å². The number of rotatable bonds is 17. The lowest BCUT2D eigenvalue weighted by Gasteiger charge is -2.32. The van der Waals surface area contributed by atoms with Gasteiger partial charge in [0.25, 0.3) is 0 Å². The second-order valence-corrected chi connectivity index (χ2v) is 20.6. The van der Waals surface area contributed by atoms with Gasteiger partial charge in [0.05, 0.1) is 50.1 Å². The summed E-state index contributed by atoms with van der Waals surface area (Å²) in [7, 11) is 4.89. The Labute approximate surface area is 410 Å². The van der Waals surface area contributed by atoms with E-state index in [2.05, 4.69) is 98.5 Å². The quantitative estimate of drug-likeness (QED) is 0.0605. The van der Waals surface area contributed by atoms with Crippen molar-refractivity contribution >= 4 is 24.0 Å². The van der Waals surface area contributed by atoms with Gasteiger partial charge in [0.15, 0.2) is 0 Å². The molecule has 6 unspecified atom stereocenters. The molecule has 368 valence electrons. The van der Waals surface area contributed by atoms with Gasteiger partial charge in [-0.05, 0) is 107 Å². The number of piperidine rings is 1. The predicted molar refractivity (Wildman–Crippen MR) is 267 cm³/mol. The van der Waals surface area contributed by atoms with Crippen molar-refractivity contribution in [2.75, 3.05) is 21.3 Å². The van der Waals surface area contributed by atoms with Gasteiger partial charge in [0.2, 0.25) is 11.8 Å². The topological polar surface area (TPSA) is 187 Å². The Morgan fingerprint density at radius 1 is 0.671 bits per heavy atom. The minimum atomic E-state index is -0.719. The first-order chi connectivity index (χ1) is 33.9. The molecule has 15 nitrogen and oxygen atoms in total. The molecule has 10 rings (SSSR count). The molecule has 4 amide bonds. The van der Waals surface area contributed by atoms with Crippen molar-refractivity contribution in [2.45, 2.75) is 128 Å². The number of imidazole rings is 2. The number of aromatic amines is 2. The molecule has 5 N–H and O–H groups in total. The summed E-state index contributed by atoms with van der Waals surface area (Å²) in [5, 5.41) is 8.76. The number of amides is 4. The number of hydrogen-bond donors (Lipinski definition) is 5. The van der Waals surface area contributed by atoms with Crippen LogP contribution in [-0.4, -0.2) is 93.1 Å². The van der Waals surface area contributed by atoms with Crippen LogP contribution in [0.4, 0.5) is 9.59 Å². The van der Waals surface area contributed by atoms with Crippen LogP contribution in [0.5, 0.6) is 0 Å². The number of aromatic nitrogens is 4. The highest BCUT2D eigenvalue weighted by Gasteiger charge is 2.56. The molecule has 3 aliphatic heterocycles. The molecule has 15 heteroatoms. The number of carbonyl (C=O) groups is 4. The van der Waals surface area contributed by atoms with Crippen molar-refractivity contribution in [1.82, 2.24) is 45.7 Å². The minimum absolute atomic E-state index is 0.0480. The molecule has 10 atom stereocenters. The predicted octanol–water partition coefficient (Wildman–Crippen LogP) is 9.78. The lowest BCUT2D eigenvalue weighted by atomic mass is 9.81. The van der Waals surface area contributed by atoms with Crippen molar-refractivity contribution < 1.29 is 28.7 Å². The second kappa shape index (κ2) is 19.4. The second-order valence-electron chi connectivity index (χ2n) is 20.6. The lowest BCUT2D eigenvalue weighted by molar-refractivity contribution is -0.137. The van der Waals surface area contributed by atoms with Crippen LogP contribution in [0.15, 0.2) is 73.1 Å². The fourth-order valence-corrected chi connectivity index (χ4v) is 11.6. The molecule has 70 heavy (non-hydrogen) atoms. The SMILES string of the molecule is CCC(C)[C@H](NC(=O)OC)C(=O)N[C@@H](CC1CC1)c1ncc(-c2ccc(-c3ccc(-c4ccc(-c5cnc([C@@H]6CC7CC7N6C(=O)[C@@H](NC(=O)OC)C(C)CC)[nH]5)cc4)c4c3C3CCC4N3C)cc2)[nH]1. The smallest absolute Gasteiger partial charge is 0.407 e. The Morgan fingerprint density at radius 2 is 1.20 bits per heavy atom. The van der Waals surface area contributed by atoms with Crippen molar-refractivity contribution in [3.8, 4) is 44.8 Å². The molecule has 0 spiro atoms. The Kier molecular flexibility index (Phi) is 13.1. The number of ether oxygens (including phenoxy) is 2. The highest BCUT2D eigenvalue weighted by atomic mass is 16.5. The van der Waals surface area contributed by atoms with E-state index in [4.69, 9.17) is 19.4 Å². The van der Waals surface area contributed by atoms with Crippen molar-refractivity contribution in [2.24, 2.45) is 23.7 Å². The van der Waals surface area contributed by atoms with E-state index < -0.39 is 24.3 Å². The normalized spacial score (nSPS) is 23.1. The number of nitrogens with one attached hydrogen (secondary N) is 5. The number of carbonyl (C=O) groups excluding carboxylic acids is 4. The van der Waals surface area contributed by atoms with Crippen molar-refractivity contribution in [1.29, 1.82) is 0 Å². The summed E-state index contributed by atoms with van der Waals surface area (Å²) >= 11 is 0. The first-order valence-corrected chi connectivity index (χ1v) is 25.4. The third kappa shape index (κ3) is 8.97. The van der Waals surface area contributed by atoms with Crippen LogP contribution >= 0.6 is 0 Å². The summed E-state index contributed by atoms with van der Waals surface area (Å²) in [6.45, 7) is 7.96. The van der Waals surface area contributed by atoms with Gasteiger partial charge < -0.3 is 40.3 Å². The Morgan fingerprint density at radius 3 is 1.76 bits per heavy atom. The van der Waals surface area contributed by atoms with Crippen LogP contribution in [0, 0.1) is 23.7 Å². The average Bonchev–Trinajstić information content (AvgIpc) is 3.99. The molecular formula is C55H67N9O6. The lowest BCUT2D eigenvalue weighted by Crippen LogP contribution is -2.52. The summed E-state index contributed by atoms with van der Waals surface area (Å²) < 4.78 is 9.71. The number of fused-ring (bicyclic) bond motifs is 6. The van der Waals surface area contributed by atoms with E-state index in [0.29, 0.717) is 29.7 Å². The zero-order valence-electron chi connectivity index (χ0n) is 41.4. The van der Waals surface area contributed by atoms with Gasteiger partial charge >= 0.3 is 12.2 Å².